The molecule has 6 heteroatoms. The van der Waals surface area contributed by atoms with Crippen LogP contribution in [0.25, 0.3) is 0 Å². The zero-order chi connectivity index (χ0) is 23.7. The van der Waals surface area contributed by atoms with Crippen molar-refractivity contribution in [1.29, 1.82) is 0 Å². The summed E-state index contributed by atoms with van der Waals surface area (Å²) in [7, 11) is 0. The highest BCUT2D eigenvalue weighted by atomic mass is 32.2. The number of anilines is 1. The van der Waals surface area contributed by atoms with Crippen molar-refractivity contribution in [3.05, 3.63) is 99.4 Å². The van der Waals surface area contributed by atoms with E-state index >= 15 is 0 Å². The predicted molar refractivity (Wildman–Crippen MR) is 145 cm³/mol. The summed E-state index contributed by atoms with van der Waals surface area (Å²) < 4.78 is 0. The summed E-state index contributed by atoms with van der Waals surface area (Å²) in [5, 5.41) is 1.76. The monoisotopic (exact) mass is 485 g/mol. The standard InChI is InChI=1S/C28H27N3OS2/c1-4-30-23-12-8-9-13-24(23)33-27(30)25-26(32)31(17-16-21-10-6-5-7-11-21)28(34-25)29-22-15-14-19(2)18-20(22)3/h5-15,18H,4,16-17H2,1-3H3. The third kappa shape index (κ3) is 4.40. The highest BCUT2D eigenvalue weighted by Gasteiger charge is 2.39. The second-order valence-corrected chi connectivity index (χ2v) is 10.4. The molecular formula is C28H27N3OS2. The average Bonchev–Trinajstić information content (AvgIpc) is 3.37. The van der Waals surface area contributed by atoms with E-state index in [2.05, 4.69) is 74.2 Å². The van der Waals surface area contributed by atoms with Gasteiger partial charge in [-0.05, 0) is 68.3 Å². The van der Waals surface area contributed by atoms with Gasteiger partial charge in [0.2, 0.25) is 0 Å². The van der Waals surface area contributed by atoms with Crippen molar-refractivity contribution >= 4 is 46.0 Å². The van der Waals surface area contributed by atoms with Crippen molar-refractivity contribution in [3.63, 3.8) is 0 Å². The van der Waals surface area contributed by atoms with Gasteiger partial charge in [0.15, 0.2) is 5.17 Å². The Hall–Kier alpha value is -2.96. The smallest absolute Gasteiger partial charge is 0.269 e. The highest BCUT2D eigenvalue weighted by Crippen LogP contribution is 2.50. The molecule has 0 bridgehead atoms. The maximum Gasteiger partial charge on any atom is 0.269 e. The number of amidine groups is 1. The first-order valence-corrected chi connectivity index (χ1v) is 13.2. The molecule has 0 unspecified atom stereocenters. The van der Waals surface area contributed by atoms with E-state index < -0.39 is 0 Å². The van der Waals surface area contributed by atoms with Crippen LogP contribution in [-0.4, -0.2) is 29.1 Å². The van der Waals surface area contributed by atoms with Gasteiger partial charge in [-0.15, -0.1) is 0 Å². The number of thioether (sulfide) groups is 2. The van der Waals surface area contributed by atoms with E-state index in [0.717, 1.165) is 39.3 Å². The fraction of sp³-hybridized carbons (Fsp3) is 0.214. The summed E-state index contributed by atoms with van der Waals surface area (Å²) in [6.45, 7) is 7.69. The van der Waals surface area contributed by atoms with Crippen LogP contribution in [-0.2, 0) is 11.2 Å². The number of nitrogens with zero attached hydrogens (tertiary/aromatic N) is 3. The topological polar surface area (TPSA) is 35.9 Å². The van der Waals surface area contributed by atoms with Crippen molar-refractivity contribution in [2.75, 3.05) is 18.0 Å². The fourth-order valence-electron chi connectivity index (χ4n) is 4.25. The van der Waals surface area contributed by atoms with Crippen LogP contribution in [0.4, 0.5) is 11.4 Å². The molecule has 34 heavy (non-hydrogen) atoms. The number of carbonyl (C=O) groups is 1. The number of hydrogen-bond donors (Lipinski definition) is 0. The average molecular weight is 486 g/mol. The molecule has 5 rings (SSSR count). The lowest BCUT2D eigenvalue weighted by Crippen LogP contribution is -2.32. The summed E-state index contributed by atoms with van der Waals surface area (Å²) >= 11 is 3.18. The zero-order valence-corrected chi connectivity index (χ0v) is 21.2. The number of hydrogen-bond acceptors (Lipinski definition) is 5. The normalized spacial score (nSPS) is 18.8. The van der Waals surface area contributed by atoms with E-state index in [0.29, 0.717) is 6.54 Å². The Bertz CT molecular complexity index is 1300. The van der Waals surface area contributed by atoms with Crippen LogP contribution in [0.3, 0.4) is 0 Å². The minimum absolute atomic E-state index is 0.0400. The molecule has 0 aliphatic carbocycles. The van der Waals surface area contributed by atoms with E-state index in [1.54, 1.807) is 11.8 Å². The van der Waals surface area contributed by atoms with Crippen LogP contribution in [0.1, 0.15) is 23.6 Å². The Morgan fingerprint density at radius 3 is 2.41 bits per heavy atom. The Labute approximate surface area is 209 Å². The number of aliphatic imine (C=N–C) groups is 1. The number of rotatable bonds is 5. The molecular weight excluding hydrogens is 458 g/mol. The highest BCUT2D eigenvalue weighted by molar-refractivity contribution is 8.19. The van der Waals surface area contributed by atoms with Crippen molar-refractivity contribution in [2.24, 2.45) is 4.99 Å². The Morgan fingerprint density at radius 2 is 1.65 bits per heavy atom. The van der Waals surface area contributed by atoms with Gasteiger partial charge >= 0.3 is 0 Å². The molecule has 0 aromatic heterocycles. The third-order valence-corrected chi connectivity index (χ3v) is 8.40. The van der Waals surface area contributed by atoms with Gasteiger partial charge in [0.1, 0.15) is 9.93 Å². The van der Waals surface area contributed by atoms with Gasteiger partial charge in [0, 0.05) is 18.0 Å². The molecule has 3 aromatic carbocycles. The number of benzene rings is 3. The first-order chi connectivity index (χ1) is 16.5. The lowest BCUT2D eigenvalue weighted by molar-refractivity contribution is -0.122. The maximum absolute atomic E-state index is 13.8. The zero-order valence-electron chi connectivity index (χ0n) is 19.6. The van der Waals surface area contributed by atoms with E-state index in [1.165, 1.54) is 33.5 Å². The van der Waals surface area contributed by atoms with E-state index in [9.17, 15) is 4.79 Å². The molecule has 0 N–H and O–H groups in total. The van der Waals surface area contributed by atoms with Crippen molar-refractivity contribution in [1.82, 2.24) is 4.90 Å². The molecule has 172 valence electrons. The van der Waals surface area contributed by atoms with Crippen LogP contribution < -0.4 is 4.90 Å². The summed E-state index contributed by atoms with van der Waals surface area (Å²) in [4.78, 5) is 24.8. The molecule has 3 aromatic rings. The third-order valence-electron chi connectivity index (χ3n) is 6.02. The molecule has 1 saturated heterocycles. The molecule has 0 saturated carbocycles. The lowest BCUT2D eigenvalue weighted by atomic mass is 10.1. The summed E-state index contributed by atoms with van der Waals surface area (Å²) in [5.41, 5.74) is 5.61. The van der Waals surface area contributed by atoms with Gasteiger partial charge in [-0.25, -0.2) is 4.99 Å². The number of amides is 1. The van der Waals surface area contributed by atoms with E-state index in [1.807, 2.05) is 29.2 Å². The Morgan fingerprint density at radius 1 is 0.882 bits per heavy atom. The van der Waals surface area contributed by atoms with Gasteiger partial charge in [-0.1, -0.05) is 71.9 Å². The molecule has 0 spiro atoms. The van der Waals surface area contributed by atoms with Crippen molar-refractivity contribution < 1.29 is 4.79 Å². The first-order valence-electron chi connectivity index (χ1n) is 11.5. The number of carbonyl (C=O) groups excluding carboxylic acids is 1. The van der Waals surface area contributed by atoms with Crippen LogP contribution in [0.15, 0.2) is 92.6 Å². The van der Waals surface area contributed by atoms with Gasteiger partial charge in [0.25, 0.3) is 5.91 Å². The summed E-state index contributed by atoms with van der Waals surface area (Å²) in [5.74, 6) is 0.0400. The number of aryl methyl sites for hydroxylation is 2. The fourth-order valence-corrected chi connectivity index (χ4v) is 6.66. The second-order valence-electron chi connectivity index (χ2n) is 8.43. The molecule has 2 aliphatic heterocycles. The number of para-hydroxylation sites is 1. The lowest BCUT2D eigenvalue weighted by Gasteiger charge is -2.19. The Kier molecular flexibility index (Phi) is 6.53. The van der Waals surface area contributed by atoms with Crippen LogP contribution in [0.5, 0.6) is 0 Å². The molecule has 2 heterocycles. The van der Waals surface area contributed by atoms with Crippen LogP contribution in [0, 0.1) is 13.8 Å². The van der Waals surface area contributed by atoms with Gasteiger partial charge in [0.05, 0.1) is 11.4 Å². The SMILES string of the molecule is CCN1C(=C2SC(=Nc3ccc(C)cc3C)N(CCc3ccccc3)C2=O)Sc2ccccc21. The Balaban J connectivity index is 1.53. The largest absolute Gasteiger partial charge is 0.334 e. The van der Waals surface area contributed by atoms with E-state index in [-0.39, 0.29) is 5.91 Å². The molecule has 2 aliphatic rings. The van der Waals surface area contributed by atoms with E-state index in [4.69, 9.17) is 4.99 Å². The quantitative estimate of drug-likeness (QED) is 0.368. The minimum Gasteiger partial charge on any atom is -0.334 e. The van der Waals surface area contributed by atoms with Gasteiger partial charge < -0.3 is 4.90 Å². The first kappa shape index (κ1) is 22.8. The molecule has 1 fully saturated rings. The van der Waals surface area contributed by atoms with Crippen molar-refractivity contribution in [2.45, 2.75) is 32.1 Å². The molecule has 4 nitrogen and oxygen atoms in total. The van der Waals surface area contributed by atoms with Crippen LogP contribution in [0.2, 0.25) is 0 Å². The maximum atomic E-state index is 13.8. The minimum atomic E-state index is 0.0400. The molecule has 0 radical (unpaired) electrons. The molecule has 1 amide bonds. The summed E-state index contributed by atoms with van der Waals surface area (Å²) in [6.07, 6.45) is 0.784. The van der Waals surface area contributed by atoms with Crippen LogP contribution >= 0.6 is 23.5 Å². The van der Waals surface area contributed by atoms with Crippen molar-refractivity contribution in [3.8, 4) is 0 Å². The van der Waals surface area contributed by atoms with Gasteiger partial charge in [-0.3, -0.25) is 9.69 Å². The summed E-state index contributed by atoms with van der Waals surface area (Å²) in [6, 6.07) is 24.9. The predicted octanol–water partition coefficient (Wildman–Crippen LogP) is 6.91. The molecule has 0 atom stereocenters. The second kappa shape index (κ2) is 9.72. The number of fused-ring (bicyclic) bond motifs is 1. The van der Waals surface area contributed by atoms with Gasteiger partial charge in [-0.2, -0.15) is 0 Å².